The fourth-order valence-electron chi connectivity index (χ4n) is 2.94. The van der Waals surface area contributed by atoms with Gasteiger partial charge in [-0.2, -0.15) is 0 Å². The first-order valence-electron chi connectivity index (χ1n) is 7.56. The molecule has 1 aliphatic rings. The summed E-state index contributed by atoms with van der Waals surface area (Å²) in [6.07, 6.45) is 1.08. The van der Waals surface area contributed by atoms with Gasteiger partial charge in [0.1, 0.15) is 0 Å². The summed E-state index contributed by atoms with van der Waals surface area (Å²) in [5.74, 6) is 0.656. The molecule has 21 heavy (non-hydrogen) atoms. The maximum absolute atomic E-state index is 12.8. The van der Waals surface area contributed by atoms with Gasteiger partial charge >= 0.3 is 0 Å². The highest BCUT2D eigenvalue weighted by Gasteiger charge is 2.34. The molecule has 1 heterocycles. The van der Waals surface area contributed by atoms with Gasteiger partial charge in [-0.3, -0.25) is 4.79 Å². The van der Waals surface area contributed by atoms with Crippen LogP contribution >= 0.6 is 0 Å². The third-order valence-corrected chi connectivity index (χ3v) is 4.43. The smallest absolute Gasteiger partial charge is 0.256 e. The zero-order valence-corrected chi connectivity index (χ0v) is 13.8. The minimum Gasteiger partial charge on any atom is -0.399 e. The molecular formula is C17H27N3O. The van der Waals surface area contributed by atoms with Crippen LogP contribution in [-0.4, -0.2) is 38.0 Å². The van der Waals surface area contributed by atoms with E-state index in [1.165, 1.54) is 0 Å². The first-order valence-corrected chi connectivity index (χ1v) is 7.56. The number of nitrogen functional groups attached to an aromatic ring is 1. The van der Waals surface area contributed by atoms with Gasteiger partial charge in [0, 0.05) is 38.6 Å². The van der Waals surface area contributed by atoms with E-state index in [1.807, 2.05) is 36.0 Å². The SMILES string of the molecule is CN(C)c1ccc(N)cc1C(=O)N1CCC(C(C)(C)C)C1. The van der Waals surface area contributed by atoms with Crippen LogP contribution in [0.4, 0.5) is 11.4 Å². The lowest BCUT2D eigenvalue weighted by atomic mass is 9.80. The van der Waals surface area contributed by atoms with E-state index in [1.54, 1.807) is 6.07 Å². The number of hydrogen-bond acceptors (Lipinski definition) is 3. The normalized spacial score (nSPS) is 18.9. The largest absolute Gasteiger partial charge is 0.399 e. The number of amides is 1. The Morgan fingerprint density at radius 2 is 2.00 bits per heavy atom. The number of carbonyl (C=O) groups excluding carboxylic acids is 1. The van der Waals surface area contributed by atoms with Crippen LogP contribution in [0.3, 0.4) is 0 Å². The third-order valence-electron chi connectivity index (χ3n) is 4.43. The zero-order valence-electron chi connectivity index (χ0n) is 13.8. The maximum atomic E-state index is 12.8. The van der Waals surface area contributed by atoms with Gasteiger partial charge < -0.3 is 15.5 Å². The van der Waals surface area contributed by atoms with Crippen molar-refractivity contribution in [2.75, 3.05) is 37.8 Å². The van der Waals surface area contributed by atoms with Crippen molar-refractivity contribution in [1.82, 2.24) is 4.90 Å². The predicted molar refractivity (Wildman–Crippen MR) is 88.6 cm³/mol. The molecule has 2 N–H and O–H groups in total. The van der Waals surface area contributed by atoms with Crippen LogP contribution in [0.15, 0.2) is 18.2 Å². The number of rotatable bonds is 2. The molecule has 1 aromatic carbocycles. The lowest BCUT2D eigenvalue weighted by Gasteiger charge is -2.27. The van der Waals surface area contributed by atoms with E-state index in [0.29, 0.717) is 17.2 Å². The van der Waals surface area contributed by atoms with Crippen molar-refractivity contribution in [3.63, 3.8) is 0 Å². The summed E-state index contributed by atoms with van der Waals surface area (Å²) in [5, 5.41) is 0. The molecule has 0 aromatic heterocycles. The van der Waals surface area contributed by atoms with E-state index in [4.69, 9.17) is 5.73 Å². The highest BCUT2D eigenvalue weighted by molar-refractivity contribution is 6.00. The van der Waals surface area contributed by atoms with Gasteiger partial charge in [0.25, 0.3) is 5.91 Å². The Hall–Kier alpha value is -1.71. The minimum atomic E-state index is 0.0951. The summed E-state index contributed by atoms with van der Waals surface area (Å²) in [5.41, 5.74) is 8.38. The van der Waals surface area contributed by atoms with Crippen molar-refractivity contribution in [3.05, 3.63) is 23.8 Å². The van der Waals surface area contributed by atoms with Crippen LogP contribution in [-0.2, 0) is 0 Å². The molecule has 4 heteroatoms. The summed E-state index contributed by atoms with van der Waals surface area (Å²) in [4.78, 5) is 16.8. The third kappa shape index (κ3) is 3.31. The fraction of sp³-hybridized carbons (Fsp3) is 0.588. The topological polar surface area (TPSA) is 49.6 Å². The molecule has 0 saturated carbocycles. The Balaban J connectivity index is 2.24. The Morgan fingerprint density at radius 1 is 1.33 bits per heavy atom. The van der Waals surface area contributed by atoms with Crippen molar-refractivity contribution in [1.29, 1.82) is 0 Å². The summed E-state index contributed by atoms with van der Waals surface area (Å²) in [7, 11) is 3.90. The second kappa shape index (κ2) is 5.58. The molecule has 0 aliphatic carbocycles. The van der Waals surface area contributed by atoms with Gasteiger partial charge in [-0.15, -0.1) is 0 Å². The summed E-state index contributed by atoms with van der Waals surface area (Å²) < 4.78 is 0. The zero-order chi connectivity index (χ0) is 15.8. The Morgan fingerprint density at radius 3 is 2.52 bits per heavy atom. The highest BCUT2D eigenvalue weighted by atomic mass is 16.2. The van der Waals surface area contributed by atoms with Crippen molar-refractivity contribution >= 4 is 17.3 Å². The van der Waals surface area contributed by atoms with Crippen LogP contribution in [0, 0.1) is 11.3 Å². The Kier molecular flexibility index (Phi) is 4.17. The van der Waals surface area contributed by atoms with E-state index in [9.17, 15) is 4.79 Å². The standard InChI is InChI=1S/C17H27N3O/c1-17(2,3)12-8-9-20(11-12)16(21)14-10-13(18)6-7-15(14)19(4)5/h6-7,10,12H,8-9,11,18H2,1-5H3. The molecule has 0 spiro atoms. The first kappa shape index (κ1) is 15.7. The van der Waals surface area contributed by atoms with Gasteiger partial charge in [-0.25, -0.2) is 0 Å². The maximum Gasteiger partial charge on any atom is 0.256 e. The van der Waals surface area contributed by atoms with Crippen LogP contribution in [0.2, 0.25) is 0 Å². The van der Waals surface area contributed by atoms with Gasteiger partial charge in [-0.05, 0) is 36.0 Å². The summed E-state index contributed by atoms with van der Waals surface area (Å²) in [6.45, 7) is 8.42. The number of nitrogens with zero attached hydrogens (tertiary/aromatic N) is 2. The molecule has 1 amide bonds. The quantitative estimate of drug-likeness (QED) is 0.852. The second-order valence-electron chi connectivity index (χ2n) is 7.27. The average Bonchev–Trinajstić information content (AvgIpc) is 2.86. The minimum absolute atomic E-state index is 0.0951. The Labute approximate surface area is 127 Å². The van der Waals surface area contributed by atoms with Crippen molar-refractivity contribution < 1.29 is 4.79 Å². The van der Waals surface area contributed by atoms with Crippen LogP contribution < -0.4 is 10.6 Å². The van der Waals surface area contributed by atoms with Crippen molar-refractivity contribution in [2.24, 2.45) is 11.3 Å². The molecule has 0 radical (unpaired) electrons. The van der Waals surface area contributed by atoms with Gasteiger partial charge in [-0.1, -0.05) is 20.8 Å². The second-order valence-corrected chi connectivity index (χ2v) is 7.27. The summed E-state index contributed by atoms with van der Waals surface area (Å²) in [6, 6.07) is 5.55. The van der Waals surface area contributed by atoms with E-state index < -0.39 is 0 Å². The van der Waals surface area contributed by atoms with Crippen molar-refractivity contribution in [3.8, 4) is 0 Å². The number of hydrogen-bond donors (Lipinski definition) is 1. The van der Waals surface area contributed by atoms with Crippen molar-refractivity contribution in [2.45, 2.75) is 27.2 Å². The van der Waals surface area contributed by atoms with Crippen LogP contribution in [0.5, 0.6) is 0 Å². The molecule has 1 aliphatic heterocycles. The van der Waals surface area contributed by atoms with E-state index in [0.717, 1.165) is 25.2 Å². The average molecular weight is 289 g/mol. The highest BCUT2D eigenvalue weighted by Crippen LogP contribution is 2.35. The fourth-order valence-corrected chi connectivity index (χ4v) is 2.94. The van der Waals surface area contributed by atoms with E-state index in [2.05, 4.69) is 20.8 Å². The number of anilines is 2. The number of benzene rings is 1. The molecule has 4 nitrogen and oxygen atoms in total. The summed E-state index contributed by atoms with van der Waals surface area (Å²) >= 11 is 0. The number of nitrogens with two attached hydrogens (primary N) is 1. The monoisotopic (exact) mass is 289 g/mol. The molecule has 0 bridgehead atoms. The number of likely N-dealkylation sites (tertiary alicyclic amines) is 1. The molecule has 116 valence electrons. The molecule has 1 unspecified atom stereocenters. The number of carbonyl (C=O) groups is 1. The predicted octanol–water partition coefficient (Wildman–Crippen LogP) is 2.84. The van der Waals surface area contributed by atoms with Gasteiger partial charge in [0.15, 0.2) is 0 Å². The lowest BCUT2D eigenvalue weighted by Crippen LogP contribution is -2.32. The molecule has 2 rings (SSSR count). The van der Waals surface area contributed by atoms with E-state index in [-0.39, 0.29) is 11.3 Å². The van der Waals surface area contributed by atoms with Crippen LogP contribution in [0.25, 0.3) is 0 Å². The van der Waals surface area contributed by atoms with Gasteiger partial charge in [0.05, 0.1) is 5.56 Å². The van der Waals surface area contributed by atoms with Gasteiger partial charge in [0.2, 0.25) is 0 Å². The molecule has 1 fully saturated rings. The Bertz CT molecular complexity index is 531. The van der Waals surface area contributed by atoms with Crippen LogP contribution in [0.1, 0.15) is 37.6 Å². The van der Waals surface area contributed by atoms with E-state index >= 15 is 0 Å². The first-order chi connectivity index (χ1) is 9.70. The molecule has 1 saturated heterocycles. The lowest BCUT2D eigenvalue weighted by molar-refractivity contribution is 0.0777. The molecular weight excluding hydrogens is 262 g/mol. The molecule has 1 aromatic rings. The molecule has 1 atom stereocenters.